The van der Waals surface area contributed by atoms with Crippen LogP contribution >= 0.6 is 11.6 Å². The highest BCUT2D eigenvalue weighted by molar-refractivity contribution is 6.30. The molecule has 0 radical (unpaired) electrons. The van der Waals surface area contributed by atoms with Crippen molar-refractivity contribution in [2.24, 2.45) is 5.92 Å². The van der Waals surface area contributed by atoms with Crippen molar-refractivity contribution in [2.45, 2.75) is 25.9 Å². The first-order valence-electron chi connectivity index (χ1n) is 10.1. The van der Waals surface area contributed by atoms with E-state index in [9.17, 15) is 10.1 Å². The predicted octanol–water partition coefficient (Wildman–Crippen LogP) is 6.66. The summed E-state index contributed by atoms with van der Waals surface area (Å²) in [5.41, 5.74) is 2.07. The van der Waals surface area contributed by atoms with Gasteiger partial charge in [0, 0.05) is 16.1 Å². The lowest BCUT2D eigenvalue weighted by molar-refractivity contribution is -0.150. The molecule has 0 N–H and O–H groups in total. The third kappa shape index (κ3) is 5.70. The number of carbonyl (C=O) groups excluding carboxylic acids is 1. The van der Waals surface area contributed by atoms with Gasteiger partial charge in [-0.15, -0.1) is 6.42 Å². The van der Waals surface area contributed by atoms with Crippen molar-refractivity contribution in [3.8, 4) is 29.9 Å². The van der Waals surface area contributed by atoms with Gasteiger partial charge in [0.2, 0.25) is 6.10 Å². The summed E-state index contributed by atoms with van der Waals surface area (Å²) >= 11 is 5.97. The highest BCUT2D eigenvalue weighted by Crippen LogP contribution is 2.31. The van der Waals surface area contributed by atoms with Crippen molar-refractivity contribution < 1.29 is 14.3 Å². The van der Waals surface area contributed by atoms with E-state index in [0.717, 1.165) is 11.1 Å². The minimum absolute atomic E-state index is 0.0244. The molecule has 4 nitrogen and oxygen atoms in total. The first-order valence-corrected chi connectivity index (χ1v) is 10.5. The number of benzene rings is 3. The van der Waals surface area contributed by atoms with Crippen molar-refractivity contribution in [1.29, 1.82) is 5.26 Å². The molecule has 0 amide bonds. The number of terminal acetylenes is 1. The largest absolute Gasteiger partial charge is 0.457 e. The molecule has 0 heterocycles. The molecule has 2 atom stereocenters. The molecule has 0 fully saturated rings. The van der Waals surface area contributed by atoms with Crippen LogP contribution in [0.1, 0.15) is 42.6 Å². The highest BCUT2D eigenvalue weighted by atomic mass is 35.5. The van der Waals surface area contributed by atoms with Gasteiger partial charge in [0.25, 0.3) is 0 Å². The molecule has 0 spiro atoms. The zero-order valence-electron chi connectivity index (χ0n) is 17.8. The summed E-state index contributed by atoms with van der Waals surface area (Å²) in [6.07, 6.45) is 4.31. The van der Waals surface area contributed by atoms with Crippen LogP contribution in [0.3, 0.4) is 0 Å². The molecule has 3 aromatic carbocycles. The van der Waals surface area contributed by atoms with Crippen molar-refractivity contribution >= 4 is 17.6 Å². The fraction of sp³-hybridized carbons (Fsp3) is 0.185. The third-order valence-electron chi connectivity index (χ3n) is 4.92. The molecule has 3 aromatic rings. The Morgan fingerprint density at radius 3 is 2.25 bits per heavy atom. The Hall–Kier alpha value is -3.73. The lowest BCUT2D eigenvalue weighted by Gasteiger charge is -2.22. The number of hydrogen-bond acceptors (Lipinski definition) is 4. The first kappa shape index (κ1) is 22.9. The van der Waals surface area contributed by atoms with Gasteiger partial charge in [-0.1, -0.05) is 55.6 Å². The van der Waals surface area contributed by atoms with E-state index in [-0.39, 0.29) is 5.92 Å². The number of halogens is 1. The molecule has 0 aliphatic carbocycles. The normalized spacial score (nSPS) is 12.3. The van der Waals surface area contributed by atoms with E-state index in [1.54, 1.807) is 72.8 Å². The van der Waals surface area contributed by atoms with Crippen LogP contribution in [0.4, 0.5) is 0 Å². The van der Waals surface area contributed by atoms with Crippen LogP contribution in [0, 0.1) is 29.6 Å². The second-order valence-electron chi connectivity index (χ2n) is 7.56. The maximum absolute atomic E-state index is 13.0. The van der Waals surface area contributed by atoms with Crippen LogP contribution in [-0.2, 0) is 9.53 Å². The third-order valence-corrected chi connectivity index (χ3v) is 5.17. The molecule has 0 aliphatic rings. The average Bonchev–Trinajstić information content (AvgIpc) is 2.79. The molecular formula is C27H22ClNO3. The Labute approximate surface area is 193 Å². The molecule has 3 rings (SSSR count). The second-order valence-corrected chi connectivity index (χ2v) is 8.00. The molecule has 0 saturated heterocycles. The van der Waals surface area contributed by atoms with Crippen molar-refractivity contribution in [2.75, 3.05) is 0 Å². The van der Waals surface area contributed by atoms with Gasteiger partial charge in [0.15, 0.2) is 0 Å². The summed E-state index contributed by atoms with van der Waals surface area (Å²) in [5, 5.41) is 10.3. The van der Waals surface area contributed by atoms with Gasteiger partial charge in [-0.3, -0.25) is 4.79 Å². The minimum atomic E-state index is -1.07. The van der Waals surface area contributed by atoms with Crippen molar-refractivity contribution in [1.82, 2.24) is 0 Å². The Kier molecular flexibility index (Phi) is 7.55. The van der Waals surface area contributed by atoms with E-state index in [0.29, 0.717) is 22.1 Å². The zero-order valence-corrected chi connectivity index (χ0v) is 18.5. The molecule has 160 valence electrons. The first-order chi connectivity index (χ1) is 15.4. The predicted molar refractivity (Wildman–Crippen MR) is 124 cm³/mol. The van der Waals surface area contributed by atoms with Crippen LogP contribution in [-0.4, -0.2) is 5.97 Å². The number of carbonyl (C=O) groups is 1. The van der Waals surface area contributed by atoms with Crippen LogP contribution < -0.4 is 4.74 Å². The van der Waals surface area contributed by atoms with E-state index in [1.165, 1.54) is 0 Å². The molecule has 0 aliphatic heterocycles. The molecule has 0 aromatic heterocycles. The van der Waals surface area contributed by atoms with E-state index in [1.807, 2.05) is 13.8 Å². The van der Waals surface area contributed by atoms with E-state index < -0.39 is 18.0 Å². The number of hydrogen-bond donors (Lipinski definition) is 0. The summed E-state index contributed by atoms with van der Waals surface area (Å²) in [6, 6.07) is 23.2. The Balaban J connectivity index is 1.77. The molecule has 0 saturated carbocycles. The number of nitriles is 1. The summed E-state index contributed by atoms with van der Waals surface area (Å²) in [6.45, 7) is 3.86. The van der Waals surface area contributed by atoms with Gasteiger partial charge in [0.1, 0.15) is 17.6 Å². The zero-order chi connectivity index (χ0) is 23.1. The van der Waals surface area contributed by atoms with Crippen LogP contribution in [0.2, 0.25) is 5.02 Å². The number of ether oxygens (including phenoxy) is 2. The highest BCUT2D eigenvalue weighted by Gasteiger charge is 2.29. The molecule has 5 heteroatoms. The maximum atomic E-state index is 13.0. The fourth-order valence-electron chi connectivity index (χ4n) is 3.32. The average molecular weight is 444 g/mol. The van der Waals surface area contributed by atoms with Crippen LogP contribution in [0.5, 0.6) is 11.5 Å². The Morgan fingerprint density at radius 1 is 0.969 bits per heavy atom. The van der Waals surface area contributed by atoms with Gasteiger partial charge < -0.3 is 9.47 Å². The summed E-state index contributed by atoms with van der Waals surface area (Å²) < 4.78 is 11.5. The fourth-order valence-corrected chi connectivity index (χ4v) is 3.44. The van der Waals surface area contributed by atoms with E-state index >= 15 is 0 Å². The molecule has 0 bridgehead atoms. The van der Waals surface area contributed by atoms with E-state index in [4.69, 9.17) is 27.5 Å². The minimum Gasteiger partial charge on any atom is -0.457 e. The lowest BCUT2D eigenvalue weighted by atomic mass is 9.88. The molecule has 2 unspecified atom stereocenters. The van der Waals surface area contributed by atoms with Gasteiger partial charge in [-0.2, -0.15) is 5.26 Å². The lowest BCUT2D eigenvalue weighted by Crippen LogP contribution is -2.22. The van der Waals surface area contributed by atoms with E-state index in [2.05, 4.69) is 12.0 Å². The quantitative estimate of drug-likeness (QED) is 0.302. The van der Waals surface area contributed by atoms with Gasteiger partial charge in [-0.25, -0.2) is 0 Å². The smallest absolute Gasteiger partial charge is 0.315 e. The molecular weight excluding hydrogens is 422 g/mol. The van der Waals surface area contributed by atoms with Crippen LogP contribution in [0.15, 0.2) is 72.8 Å². The van der Waals surface area contributed by atoms with Crippen molar-refractivity contribution in [3.63, 3.8) is 0 Å². The summed E-state index contributed by atoms with van der Waals surface area (Å²) in [7, 11) is 0. The SMILES string of the molecule is C#Cc1ccc(Oc2cccc(C(C#N)OC(=O)C(c3ccc(Cl)cc3)C(C)C)c2)cc1. The monoisotopic (exact) mass is 443 g/mol. The number of rotatable bonds is 7. The summed E-state index contributed by atoms with van der Waals surface area (Å²) in [4.78, 5) is 13.0. The second kappa shape index (κ2) is 10.5. The maximum Gasteiger partial charge on any atom is 0.315 e. The standard InChI is InChI=1S/C27H22ClNO3/c1-4-19-8-14-23(15-9-19)31-24-7-5-6-21(16-24)25(17-29)32-27(30)26(18(2)3)20-10-12-22(28)13-11-20/h1,5-16,18,25-26H,2-3H3. The summed E-state index contributed by atoms with van der Waals surface area (Å²) in [5.74, 6) is 2.67. The number of esters is 1. The van der Waals surface area contributed by atoms with Gasteiger partial charge in [0.05, 0.1) is 5.92 Å². The molecule has 32 heavy (non-hydrogen) atoms. The number of nitrogens with zero attached hydrogens (tertiary/aromatic N) is 1. The van der Waals surface area contributed by atoms with Crippen molar-refractivity contribution in [3.05, 3.63) is 94.5 Å². The van der Waals surface area contributed by atoms with Gasteiger partial charge in [-0.05, 0) is 60.0 Å². The van der Waals surface area contributed by atoms with Gasteiger partial charge >= 0.3 is 5.97 Å². The Morgan fingerprint density at radius 2 is 1.66 bits per heavy atom. The topological polar surface area (TPSA) is 59.3 Å². The Bertz CT molecular complexity index is 1160. The van der Waals surface area contributed by atoms with Crippen LogP contribution in [0.25, 0.3) is 0 Å².